The van der Waals surface area contributed by atoms with E-state index in [1.165, 1.54) is 11.3 Å². The Morgan fingerprint density at radius 3 is 3.11 bits per heavy atom. The fraction of sp³-hybridized carbons (Fsp3) is 0.636. The molecule has 7 heteroatoms. The molecule has 3 heterocycles. The molecular formula is C11H15NO3S3. The second-order valence-electron chi connectivity index (χ2n) is 4.39. The molecule has 2 aliphatic heterocycles. The summed E-state index contributed by atoms with van der Waals surface area (Å²) in [6.45, 7) is 1.95. The van der Waals surface area contributed by atoms with Crippen molar-refractivity contribution >= 4 is 33.1 Å². The molecule has 0 aliphatic carbocycles. The molecule has 3 rings (SSSR count). The predicted octanol–water partition coefficient (Wildman–Crippen LogP) is 1.64. The van der Waals surface area contributed by atoms with Crippen LogP contribution in [-0.4, -0.2) is 49.5 Å². The van der Waals surface area contributed by atoms with Crippen molar-refractivity contribution in [1.82, 2.24) is 4.31 Å². The first-order valence-corrected chi connectivity index (χ1v) is 9.31. The van der Waals surface area contributed by atoms with Crippen molar-refractivity contribution in [2.24, 2.45) is 0 Å². The molecule has 0 spiro atoms. The third kappa shape index (κ3) is 2.22. The molecule has 2 saturated heterocycles. The second-order valence-corrected chi connectivity index (χ2v) is 8.80. The van der Waals surface area contributed by atoms with Crippen LogP contribution in [0.25, 0.3) is 0 Å². The zero-order valence-electron chi connectivity index (χ0n) is 9.82. The van der Waals surface area contributed by atoms with Gasteiger partial charge in [0.2, 0.25) is 0 Å². The van der Waals surface area contributed by atoms with Gasteiger partial charge in [-0.3, -0.25) is 0 Å². The lowest BCUT2D eigenvalue weighted by molar-refractivity contribution is 0.0626. The molecule has 1 aromatic heterocycles. The van der Waals surface area contributed by atoms with Crippen molar-refractivity contribution in [1.29, 1.82) is 0 Å². The van der Waals surface area contributed by atoms with Crippen LogP contribution >= 0.6 is 23.1 Å². The van der Waals surface area contributed by atoms with Crippen LogP contribution in [0.1, 0.15) is 6.42 Å². The van der Waals surface area contributed by atoms with Crippen LogP contribution in [0.3, 0.4) is 0 Å². The van der Waals surface area contributed by atoms with Gasteiger partial charge < -0.3 is 4.74 Å². The highest BCUT2D eigenvalue weighted by Crippen LogP contribution is 2.34. The molecule has 2 fully saturated rings. The number of thiophene rings is 1. The lowest BCUT2D eigenvalue weighted by Crippen LogP contribution is -2.53. The van der Waals surface area contributed by atoms with Gasteiger partial charge in [-0.1, -0.05) is 6.07 Å². The lowest BCUT2D eigenvalue weighted by Gasteiger charge is -2.42. The second kappa shape index (κ2) is 5.13. The molecule has 1 aromatic rings. The maximum atomic E-state index is 12.6. The van der Waals surface area contributed by atoms with E-state index in [9.17, 15) is 8.42 Å². The summed E-state index contributed by atoms with van der Waals surface area (Å²) in [4.78, 5) is 0. The molecule has 0 bridgehead atoms. The number of nitrogens with zero attached hydrogens (tertiary/aromatic N) is 1. The summed E-state index contributed by atoms with van der Waals surface area (Å²) in [6.07, 6.45) is 0.808. The summed E-state index contributed by atoms with van der Waals surface area (Å²) in [5.41, 5.74) is 0. The van der Waals surface area contributed by atoms with Crippen molar-refractivity contribution < 1.29 is 13.2 Å². The normalized spacial score (nSPS) is 30.0. The Morgan fingerprint density at radius 1 is 1.44 bits per heavy atom. The van der Waals surface area contributed by atoms with Gasteiger partial charge in [0.15, 0.2) is 0 Å². The predicted molar refractivity (Wildman–Crippen MR) is 73.7 cm³/mol. The largest absolute Gasteiger partial charge is 0.380 e. The summed E-state index contributed by atoms with van der Waals surface area (Å²) in [6, 6.07) is 3.58. The summed E-state index contributed by atoms with van der Waals surface area (Å²) >= 11 is 3.13. The summed E-state index contributed by atoms with van der Waals surface area (Å²) < 4.78 is 32.8. The minimum Gasteiger partial charge on any atom is -0.380 e. The summed E-state index contributed by atoms with van der Waals surface area (Å²) in [5.74, 6) is 0.856. The fourth-order valence-electron chi connectivity index (χ4n) is 2.47. The van der Waals surface area contributed by atoms with E-state index >= 15 is 0 Å². The first-order valence-electron chi connectivity index (χ1n) is 5.94. The number of ether oxygens (including phenoxy) is 1. The van der Waals surface area contributed by atoms with Crippen molar-refractivity contribution in [2.75, 3.05) is 25.5 Å². The maximum Gasteiger partial charge on any atom is 0.252 e. The van der Waals surface area contributed by atoms with Gasteiger partial charge in [0, 0.05) is 30.2 Å². The third-order valence-corrected chi connectivity index (χ3v) is 7.93. The smallest absolute Gasteiger partial charge is 0.252 e. The van der Waals surface area contributed by atoms with Gasteiger partial charge in [0.1, 0.15) is 4.21 Å². The number of hydrogen-bond acceptors (Lipinski definition) is 5. The Balaban J connectivity index is 1.90. The maximum absolute atomic E-state index is 12.6. The van der Waals surface area contributed by atoms with Crippen molar-refractivity contribution in [3.8, 4) is 0 Å². The Morgan fingerprint density at radius 2 is 2.33 bits per heavy atom. The summed E-state index contributed by atoms with van der Waals surface area (Å²) in [7, 11) is -3.31. The zero-order chi connectivity index (χ0) is 12.6. The van der Waals surface area contributed by atoms with Gasteiger partial charge in [0.05, 0.1) is 6.61 Å². The van der Waals surface area contributed by atoms with Crippen LogP contribution in [0.4, 0.5) is 0 Å². The van der Waals surface area contributed by atoms with E-state index in [1.807, 2.05) is 17.1 Å². The topological polar surface area (TPSA) is 46.6 Å². The molecule has 0 saturated carbocycles. The average Bonchev–Trinajstić information content (AvgIpc) is 2.92. The van der Waals surface area contributed by atoms with E-state index in [4.69, 9.17) is 4.74 Å². The van der Waals surface area contributed by atoms with Crippen molar-refractivity contribution in [2.45, 2.75) is 21.9 Å². The van der Waals surface area contributed by atoms with Crippen LogP contribution in [0.2, 0.25) is 0 Å². The SMILES string of the molecule is O=S(=O)(c1cccs1)N1CCSC2COCCC21. The molecule has 0 aromatic carbocycles. The molecule has 100 valence electrons. The van der Waals surface area contributed by atoms with Crippen molar-refractivity contribution in [3.05, 3.63) is 17.5 Å². The number of thioether (sulfide) groups is 1. The van der Waals surface area contributed by atoms with E-state index in [0.717, 1.165) is 12.2 Å². The number of hydrogen-bond donors (Lipinski definition) is 0. The molecular weight excluding hydrogens is 290 g/mol. The van der Waals surface area contributed by atoms with Crippen LogP contribution in [0, 0.1) is 0 Å². The average molecular weight is 305 g/mol. The minimum absolute atomic E-state index is 0.101. The van der Waals surface area contributed by atoms with E-state index in [-0.39, 0.29) is 6.04 Å². The molecule has 2 unspecified atom stereocenters. The summed E-state index contributed by atoms with van der Waals surface area (Å²) in [5, 5.41) is 2.11. The molecule has 2 aliphatic rings. The number of fused-ring (bicyclic) bond motifs is 1. The van der Waals surface area contributed by atoms with E-state index in [2.05, 4.69) is 0 Å². The van der Waals surface area contributed by atoms with E-state index < -0.39 is 10.0 Å². The zero-order valence-corrected chi connectivity index (χ0v) is 12.3. The Kier molecular flexibility index (Phi) is 3.68. The highest BCUT2D eigenvalue weighted by molar-refractivity contribution is 8.00. The van der Waals surface area contributed by atoms with Gasteiger partial charge in [0.25, 0.3) is 10.0 Å². The van der Waals surface area contributed by atoms with E-state index in [1.54, 1.807) is 16.4 Å². The van der Waals surface area contributed by atoms with Gasteiger partial charge in [-0.2, -0.15) is 16.1 Å². The molecule has 18 heavy (non-hydrogen) atoms. The van der Waals surface area contributed by atoms with Crippen LogP contribution in [-0.2, 0) is 14.8 Å². The van der Waals surface area contributed by atoms with E-state index in [0.29, 0.717) is 29.2 Å². The third-order valence-electron chi connectivity index (χ3n) is 3.34. The highest BCUT2D eigenvalue weighted by Gasteiger charge is 2.41. The lowest BCUT2D eigenvalue weighted by atomic mass is 10.1. The van der Waals surface area contributed by atoms with Crippen LogP contribution in [0.5, 0.6) is 0 Å². The fourth-order valence-corrected chi connectivity index (χ4v) is 6.78. The highest BCUT2D eigenvalue weighted by atomic mass is 32.2. The van der Waals surface area contributed by atoms with Crippen LogP contribution < -0.4 is 0 Å². The monoisotopic (exact) mass is 305 g/mol. The first-order chi connectivity index (χ1) is 8.69. The molecule has 0 radical (unpaired) electrons. The molecule has 0 N–H and O–H groups in total. The van der Waals surface area contributed by atoms with Crippen molar-refractivity contribution in [3.63, 3.8) is 0 Å². The Labute approximate surface area is 115 Å². The van der Waals surface area contributed by atoms with Gasteiger partial charge >= 0.3 is 0 Å². The Hall–Kier alpha value is -0.0800. The first kappa shape index (κ1) is 12.9. The Bertz CT molecular complexity index is 498. The molecule has 0 amide bonds. The minimum atomic E-state index is -3.31. The quantitative estimate of drug-likeness (QED) is 0.833. The number of sulfonamides is 1. The van der Waals surface area contributed by atoms with Gasteiger partial charge in [-0.15, -0.1) is 11.3 Å². The number of rotatable bonds is 2. The molecule has 2 atom stereocenters. The van der Waals surface area contributed by atoms with Gasteiger partial charge in [-0.05, 0) is 17.9 Å². The standard InChI is InChI=1S/C11H15NO3S3/c13-18(14,11-2-1-6-17-11)12-4-7-16-10-8-15-5-3-9(10)12/h1-2,6,9-10H,3-5,7-8H2. The van der Waals surface area contributed by atoms with Crippen LogP contribution in [0.15, 0.2) is 21.7 Å². The molecule has 4 nitrogen and oxygen atoms in total. The van der Waals surface area contributed by atoms with Gasteiger partial charge in [-0.25, -0.2) is 8.42 Å².